The van der Waals surface area contributed by atoms with Crippen molar-refractivity contribution in [3.63, 3.8) is 0 Å². The number of nitrogens with zero attached hydrogens (tertiary/aromatic N) is 1. The molecule has 2 N–H and O–H groups in total. The van der Waals surface area contributed by atoms with Crippen LogP contribution in [0.25, 0.3) is 0 Å². The summed E-state index contributed by atoms with van der Waals surface area (Å²) in [5, 5.41) is 14.5. The normalized spacial score (nSPS) is 24.5. The van der Waals surface area contributed by atoms with E-state index in [1.807, 2.05) is 91.0 Å². The number of rotatable bonds is 12. The third-order valence-corrected chi connectivity index (χ3v) is 8.87. The van der Waals surface area contributed by atoms with Crippen molar-refractivity contribution >= 4 is 12.0 Å². The van der Waals surface area contributed by atoms with Crippen LogP contribution in [0.2, 0.25) is 0 Å². The van der Waals surface area contributed by atoms with E-state index >= 15 is 0 Å². The van der Waals surface area contributed by atoms with E-state index in [1.165, 1.54) is 11.8 Å². The number of ether oxygens (including phenoxy) is 6. The first kappa shape index (κ1) is 39.9. The van der Waals surface area contributed by atoms with Crippen molar-refractivity contribution in [3.05, 3.63) is 108 Å². The molecule has 0 spiro atoms. The largest absolute Gasteiger partial charge is 0.444 e. The summed E-state index contributed by atoms with van der Waals surface area (Å²) in [5.74, 6) is 5.68. The van der Waals surface area contributed by atoms with E-state index in [-0.39, 0.29) is 32.3 Å². The van der Waals surface area contributed by atoms with Crippen molar-refractivity contribution < 1.29 is 43.1 Å². The first-order valence-corrected chi connectivity index (χ1v) is 18.0. The van der Waals surface area contributed by atoms with Crippen molar-refractivity contribution in [1.82, 2.24) is 10.2 Å². The van der Waals surface area contributed by atoms with E-state index in [0.717, 1.165) is 16.7 Å². The van der Waals surface area contributed by atoms with Crippen molar-refractivity contribution in [1.29, 1.82) is 0 Å². The first-order chi connectivity index (χ1) is 25.3. The molecule has 0 saturated carbocycles. The van der Waals surface area contributed by atoms with Crippen LogP contribution >= 0.6 is 0 Å². The van der Waals surface area contributed by atoms with Gasteiger partial charge in [0, 0.05) is 6.92 Å². The van der Waals surface area contributed by atoms with Crippen LogP contribution in [-0.4, -0.2) is 89.2 Å². The predicted molar refractivity (Wildman–Crippen MR) is 198 cm³/mol. The number of hydrogen-bond acceptors (Lipinski definition) is 9. The molecule has 2 aliphatic rings. The van der Waals surface area contributed by atoms with Gasteiger partial charge in [0.15, 0.2) is 0 Å². The number of benzene rings is 3. The minimum absolute atomic E-state index is 0.0386. The summed E-state index contributed by atoms with van der Waals surface area (Å²) in [7, 11) is 0. The van der Waals surface area contributed by atoms with E-state index in [9.17, 15) is 14.7 Å². The van der Waals surface area contributed by atoms with Gasteiger partial charge in [-0.2, -0.15) is 0 Å². The summed E-state index contributed by atoms with van der Waals surface area (Å²) in [5.41, 5.74) is 1.08. The summed E-state index contributed by atoms with van der Waals surface area (Å²) < 4.78 is 37.7. The molecule has 0 aromatic heterocycles. The number of aliphatic hydroxyl groups excluding tert-OH is 1. The Morgan fingerprint density at radius 1 is 0.887 bits per heavy atom. The Hall–Kier alpha value is -4.28. The quantitative estimate of drug-likeness (QED) is 0.237. The fourth-order valence-corrected chi connectivity index (χ4v) is 6.39. The Labute approximate surface area is 312 Å². The van der Waals surface area contributed by atoms with E-state index < -0.39 is 60.0 Å². The van der Waals surface area contributed by atoms with Gasteiger partial charge in [-0.05, 0) is 51.3 Å². The summed E-state index contributed by atoms with van der Waals surface area (Å²) >= 11 is 0. The molecular formula is C42H52N2O9. The molecule has 0 aliphatic carbocycles. The highest BCUT2D eigenvalue weighted by molar-refractivity contribution is 5.73. The maximum absolute atomic E-state index is 13.3. The SMILES string of the molecule is CC(=O)N[C@H]1[C@@H](OCc2ccccc2)[C@H](OCc2ccccc2)[C@@H](COCc2ccccc2)O[C@H]1C#C[C@H](O)[C@H]1COC(C)(C)N1C(=O)OC(C)(C)C. The molecule has 0 bridgehead atoms. The van der Waals surface area contributed by atoms with Crippen LogP contribution in [0.3, 0.4) is 0 Å². The van der Waals surface area contributed by atoms with E-state index in [4.69, 9.17) is 28.4 Å². The van der Waals surface area contributed by atoms with Gasteiger partial charge in [-0.15, -0.1) is 0 Å². The van der Waals surface area contributed by atoms with E-state index in [0.29, 0.717) is 6.61 Å². The van der Waals surface area contributed by atoms with Crippen LogP contribution in [0.1, 0.15) is 58.2 Å². The van der Waals surface area contributed by atoms with Crippen LogP contribution in [-0.2, 0) is 53.0 Å². The van der Waals surface area contributed by atoms with Crippen LogP contribution < -0.4 is 5.32 Å². The van der Waals surface area contributed by atoms with Gasteiger partial charge in [0.25, 0.3) is 0 Å². The van der Waals surface area contributed by atoms with Crippen molar-refractivity contribution in [2.45, 2.75) is 115 Å². The van der Waals surface area contributed by atoms with Crippen molar-refractivity contribution in [2.75, 3.05) is 13.2 Å². The lowest BCUT2D eigenvalue weighted by atomic mass is 9.91. The maximum Gasteiger partial charge on any atom is 0.413 e. The van der Waals surface area contributed by atoms with Gasteiger partial charge >= 0.3 is 6.09 Å². The average Bonchev–Trinajstić information content (AvgIpc) is 3.45. The Kier molecular flexibility index (Phi) is 13.7. The second-order valence-electron chi connectivity index (χ2n) is 14.8. The number of carbonyl (C=O) groups excluding carboxylic acids is 2. The highest BCUT2D eigenvalue weighted by atomic mass is 16.6. The van der Waals surface area contributed by atoms with Gasteiger partial charge in [0.05, 0.1) is 45.1 Å². The standard InChI is InChI=1S/C42H52N2O9/c1-29(45)43-37-35(23-22-34(46)33-27-51-42(5,6)44(33)40(47)53-41(2,3)4)52-36(28-48-24-30-16-10-7-11-17-30)38(49-25-31-18-12-8-13-19-31)39(37)50-26-32-20-14-9-15-21-32/h7-21,33-39,46H,24-28H2,1-6H3,(H,43,45)/t33-,34+,35+,36-,37-,38-,39-/m1/s1. The summed E-state index contributed by atoms with van der Waals surface area (Å²) in [6.07, 6.45) is -5.04. The topological polar surface area (TPSA) is 125 Å². The molecule has 2 heterocycles. The minimum Gasteiger partial charge on any atom is -0.444 e. The minimum atomic E-state index is -1.34. The molecule has 11 heteroatoms. The van der Waals surface area contributed by atoms with Crippen LogP contribution in [0.4, 0.5) is 4.79 Å². The lowest BCUT2D eigenvalue weighted by Crippen LogP contribution is -2.65. The zero-order valence-electron chi connectivity index (χ0n) is 31.4. The molecule has 3 aromatic carbocycles. The highest BCUT2D eigenvalue weighted by Gasteiger charge is 2.50. The number of carbonyl (C=O) groups is 2. The molecular weight excluding hydrogens is 676 g/mol. The molecule has 53 heavy (non-hydrogen) atoms. The number of aliphatic hydroxyl groups is 1. The molecule has 2 fully saturated rings. The number of amides is 2. The second kappa shape index (κ2) is 18.2. The molecule has 284 valence electrons. The van der Waals surface area contributed by atoms with Gasteiger partial charge in [-0.25, -0.2) is 4.79 Å². The fourth-order valence-electron chi connectivity index (χ4n) is 6.39. The summed E-state index contributed by atoms with van der Waals surface area (Å²) in [4.78, 5) is 27.4. The lowest BCUT2D eigenvalue weighted by Gasteiger charge is -2.45. The Morgan fingerprint density at radius 3 is 1.94 bits per heavy atom. The van der Waals surface area contributed by atoms with Gasteiger partial charge in [0.1, 0.15) is 41.8 Å². The van der Waals surface area contributed by atoms with E-state index in [2.05, 4.69) is 17.2 Å². The summed E-state index contributed by atoms with van der Waals surface area (Å²) in [6, 6.07) is 27.7. The molecule has 2 amide bonds. The predicted octanol–water partition coefficient (Wildman–Crippen LogP) is 5.38. The van der Waals surface area contributed by atoms with Crippen molar-refractivity contribution in [2.24, 2.45) is 0 Å². The zero-order valence-corrected chi connectivity index (χ0v) is 31.4. The van der Waals surface area contributed by atoms with Crippen LogP contribution in [0, 0.1) is 11.8 Å². The number of hydrogen-bond donors (Lipinski definition) is 2. The lowest BCUT2D eigenvalue weighted by molar-refractivity contribution is -0.222. The molecule has 11 nitrogen and oxygen atoms in total. The zero-order chi connectivity index (χ0) is 38.0. The average molecular weight is 729 g/mol. The molecule has 2 aliphatic heterocycles. The second-order valence-corrected chi connectivity index (χ2v) is 14.8. The van der Waals surface area contributed by atoms with Crippen LogP contribution in [0.15, 0.2) is 91.0 Å². The monoisotopic (exact) mass is 728 g/mol. The molecule has 0 radical (unpaired) electrons. The molecule has 5 rings (SSSR count). The third-order valence-electron chi connectivity index (χ3n) is 8.87. The molecule has 0 unspecified atom stereocenters. The van der Waals surface area contributed by atoms with Crippen LogP contribution in [0.5, 0.6) is 0 Å². The van der Waals surface area contributed by atoms with E-state index in [1.54, 1.807) is 34.6 Å². The molecule has 2 saturated heterocycles. The number of nitrogens with one attached hydrogen (secondary N) is 1. The highest BCUT2D eigenvalue weighted by Crippen LogP contribution is 2.32. The molecule has 3 aromatic rings. The smallest absolute Gasteiger partial charge is 0.413 e. The Balaban J connectivity index is 1.47. The van der Waals surface area contributed by atoms with Gasteiger partial charge < -0.3 is 38.8 Å². The van der Waals surface area contributed by atoms with Gasteiger partial charge in [-0.1, -0.05) is 103 Å². The Morgan fingerprint density at radius 2 is 1.42 bits per heavy atom. The van der Waals surface area contributed by atoms with Gasteiger partial charge in [0.2, 0.25) is 5.91 Å². The summed E-state index contributed by atoms with van der Waals surface area (Å²) in [6.45, 7) is 11.2. The maximum atomic E-state index is 13.3. The first-order valence-electron chi connectivity index (χ1n) is 18.0. The third kappa shape index (κ3) is 11.4. The Bertz CT molecular complexity index is 1670. The fraction of sp³-hybridized carbons (Fsp3) is 0.476. The van der Waals surface area contributed by atoms with Gasteiger partial charge in [-0.3, -0.25) is 9.69 Å². The molecule has 7 atom stereocenters. The van der Waals surface area contributed by atoms with Crippen molar-refractivity contribution in [3.8, 4) is 11.8 Å².